The Bertz CT molecular complexity index is 322. The Labute approximate surface area is 92.9 Å². The molecule has 0 amide bonds. The highest BCUT2D eigenvalue weighted by atomic mass is 15.3. The molecule has 1 heteroatoms. The van der Waals surface area contributed by atoms with Gasteiger partial charge >= 0.3 is 0 Å². The molecule has 1 nitrogen and oxygen atoms in total. The van der Waals surface area contributed by atoms with E-state index in [-0.39, 0.29) is 0 Å². The summed E-state index contributed by atoms with van der Waals surface area (Å²) < 4.78 is 0.825. The molecule has 0 radical (unpaired) electrons. The van der Waals surface area contributed by atoms with Gasteiger partial charge in [0, 0.05) is 0 Å². The first-order valence-corrected chi connectivity index (χ1v) is 5.29. The predicted molar refractivity (Wildman–Crippen MR) is 66.5 cm³/mol. The molecule has 0 N–H and O–H groups in total. The second-order valence-corrected chi connectivity index (χ2v) is 4.30. The second kappa shape index (κ2) is 5.52. The molecule has 0 unspecified atom stereocenters. The van der Waals surface area contributed by atoms with E-state index < -0.39 is 0 Å². The van der Waals surface area contributed by atoms with E-state index >= 15 is 0 Å². The maximum absolute atomic E-state index is 3.81. The summed E-state index contributed by atoms with van der Waals surface area (Å²) in [6.45, 7) is 4.80. The molecule has 0 atom stereocenters. The molecule has 15 heavy (non-hydrogen) atoms. The van der Waals surface area contributed by atoms with Crippen molar-refractivity contribution in [3.63, 3.8) is 0 Å². The van der Waals surface area contributed by atoms with Crippen LogP contribution in [0, 0.1) is 0 Å². The molecule has 0 spiro atoms. The second-order valence-electron chi connectivity index (χ2n) is 4.30. The van der Waals surface area contributed by atoms with E-state index in [9.17, 15) is 0 Å². The third kappa shape index (κ3) is 4.61. The molecule has 0 aliphatic heterocycles. The lowest BCUT2D eigenvalue weighted by Crippen LogP contribution is -2.32. The summed E-state index contributed by atoms with van der Waals surface area (Å²) in [6, 6.07) is 10.5. The van der Waals surface area contributed by atoms with Crippen molar-refractivity contribution in [2.75, 3.05) is 20.6 Å². The van der Waals surface area contributed by atoms with E-state index in [1.54, 1.807) is 0 Å². The zero-order chi connectivity index (χ0) is 11.1. The molecule has 0 saturated carbocycles. The largest absolute Gasteiger partial charge is 0.299 e. The minimum atomic E-state index is 0.825. The van der Waals surface area contributed by atoms with E-state index in [2.05, 4.69) is 57.1 Å². The van der Waals surface area contributed by atoms with Crippen LogP contribution in [0.1, 0.15) is 5.56 Å². The molecule has 0 aliphatic carbocycles. The summed E-state index contributed by atoms with van der Waals surface area (Å²) >= 11 is 0. The minimum Gasteiger partial charge on any atom is -0.299 e. The first-order chi connectivity index (χ1) is 7.14. The van der Waals surface area contributed by atoms with Gasteiger partial charge in [-0.3, -0.25) is 4.48 Å². The topological polar surface area (TPSA) is 0 Å². The lowest BCUT2D eigenvalue weighted by molar-refractivity contribution is -0.832. The van der Waals surface area contributed by atoms with Gasteiger partial charge in [-0.2, -0.15) is 0 Å². The third-order valence-corrected chi connectivity index (χ3v) is 2.43. The lowest BCUT2D eigenvalue weighted by atomic mass is 10.1. The maximum atomic E-state index is 3.81. The number of quaternary nitrogens is 1. The van der Waals surface area contributed by atoms with Gasteiger partial charge < -0.3 is 0 Å². The Balaban J connectivity index is 2.38. The van der Waals surface area contributed by atoms with Crippen LogP contribution in [0.2, 0.25) is 0 Å². The van der Waals surface area contributed by atoms with Crippen molar-refractivity contribution in [2.45, 2.75) is 6.42 Å². The van der Waals surface area contributed by atoms with Crippen LogP contribution in [0.15, 0.2) is 55.3 Å². The zero-order valence-electron chi connectivity index (χ0n) is 9.69. The number of hydrogen-bond acceptors (Lipinski definition) is 0. The van der Waals surface area contributed by atoms with Crippen LogP contribution in [0.25, 0.3) is 0 Å². The van der Waals surface area contributed by atoms with Gasteiger partial charge in [0.2, 0.25) is 0 Å². The first kappa shape index (κ1) is 11.7. The summed E-state index contributed by atoms with van der Waals surface area (Å²) in [5.41, 5.74) is 1.36. The van der Waals surface area contributed by atoms with Crippen LogP contribution in [-0.2, 0) is 6.42 Å². The zero-order valence-corrected chi connectivity index (χ0v) is 9.69. The normalized spacial score (nSPS) is 11.9. The van der Waals surface area contributed by atoms with Crippen LogP contribution in [0.3, 0.4) is 0 Å². The van der Waals surface area contributed by atoms with Crippen molar-refractivity contribution >= 4 is 0 Å². The molecule has 1 rings (SSSR count). The highest BCUT2D eigenvalue weighted by molar-refractivity contribution is 5.17. The number of rotatable bonds is 5. The minimum absolute atomic E-state index is 0.825. The fourth-order valence-electron chi connectivity index (χ4n) is 1.25. The SMILES string of the molecule is C=C[N+](C)(C)CC=CCc1ccccc1. The summed E-state index contributed by atoms with van der Waals surface area (Å²) in [5.74, 6) is 0. The standard InChI is InChI=1S/C14H20N/c1-4-15(2,3)13-9-8-12-14-10-6-5-7-11-14/h4-11H,1,12-13H2,2-3H3/q+1. The van der Waals surface area contributed by atoms with Crippen molar-refractivity contribution in [1.29, 1.82) is 0 Å². The van der Waals surface area contributed by atoms with Crippen molar-refractivity contribution in [3.8, 4) is 0 Å². The quantitative estimate of drug-likeness (QED) is 0.508. The van der Waals surface area contributed by atoms with Gasteiger partial charge in [-0.25, -0.2) is 0 Å². The molecule has 0 saturated heterocycles. The highest BCUT2D eigenvalue weighted by Crippen LogP contribution is 2.01. The Morgan fingerprint density at radius 2 is 1.80 bits per heavy atom. The fraction of sp³-hybridized carbons (Fsp3) is 0.286. The van der Waals surface area contributed by atoms with Gasteiger partial charge in [0.1, 0.15) is 6.54 Å². The Morgan fingerprint density at radius 1 is 1.13 bits per heavy atom. The smallest absolute Gasteiger partial charge is 0.101 e. The Morgan fingerprint density at radius 3 is 2.40 bits per heavy atom. The Hall–Kier alpha value is -1.34. The van der Waals surface area contributed by atoms with Gasteiger partial charge in [-0.05, 0) is 24.6 Å². The van der Waals surface area contributed by atoms with Gasteiger partial charge in [-0.15, -0.1) is 0 Å². The monoisotopic (exact) mass is 202 g/mol. The molecule has 0 aromatic heterocycles. The predicted octanol–water partition coefficient (Wildman–Crippen LogP) is 3.01. The van der Waals surface area contributed by atoms with Crippen molar-refractivity contribution in [3.05, 3.63) is 60.8 Å². The number of likely N-dealkylation sites (N-methyl/N-ethyl adjacent to an activating group) is 1. The molecule has 0 heterocycles. The Kier molecular flexibility index (Phi) is 4.32. The molecule has 1 aromatic carbocycles. The van der Waals surface area contributed by atoms with Crippen molar-refractivity contribution in [2.24, 2.45) is 0 Å². The molecule has 0 fully saturated rings. The van der Waals surface area contributed by atoms with Gasteiger partial charge in [0.15, 0.2) is 0 Å². The summed E-state index contributed by atoms with van der Waals surface area (Å²) in [4.78, 5) is 0. The summed E-state index contributed by atoms with van der Waals surface area (Å²) in [5, 5.41) is 0. The van der Waals surface area contributed by atoms with E-state index in [4.69, 9.17) is 0 Å². The molecule has 0 aliphatic rings. The number of allylic oxidation sites excluding steroid dienone is 1. The molecule has 0 bridgehead atoms. The van der Waals surface area contributed by atoms with E-state index in [1.165, 1.54) is 5.56 Å². The summed E-state index contributed by atoms with van der Waals surface area (Å²) in [6.07, 6.45) is 7.40. The maximum Gasteiger partial charge on any atom is 0.101 e. The van der Waals surface area contributed by atoms with Crippen LogP contribution in [0.5, 0.6) is 0 Å². The molecular formula is C14H20N+. The van der Waals surface area contributed by atoms with Gasteiger partial charge in [0.25, 0.3) is 0 Å². The van der Waals surface area contributed by atoms with E-state index in [0.717, 1.165) is 17.4 Å². The number of benzene rings is 1. The number of nitrogens with zero attached hydrogens (tertiary/aromatic N) is 1. The summed E-state index contributed by atoms with van der Waals surface area (Å²) in [7, 11) is 4.28. The van der Waals surface area contributed by atoms with Crippen LogP contribution >= 0.6 is 0 Å². The molecular weight excluding hydrogens is 182 g/mol. The average molecular weight is 202 g/mol. The van der Waals surface area contributed by atoms with Gasteiger partial charge in [0.05, 0.1) is 20.3 Å². The number of hydrogen-bond donors (Lipinski definition) is 0. The van der Waals surface area contributed by atoms with Crippen LogP contribution in [0.4, 0.5) is 0 Å². The van der Waals surface area contributed by atoms with Crippen LogP contribution in [-0.4, -0.2) is 25.1 Å². The van der Waals surface area contributed by atoms with Crippen molar-refractivity contribution in [1.82, 2.24) is 0 Å². The highest BCUT2D eigenvalue weighted by Gasteiger charge is 2.05. The first-order valence-electron chi connectivity index (χ1n) is 5.29. The van der Waals surface area contributed by atoms with E-state index in [1.807, 2.05) is 12.3 Å². The van der Waals surface area contributed by atoms with Gasteiger partial charge in [-0.1, -0.05) is 36.4 Å². The van der Waals surface area contributed by atoms with Crippen LogP contribution < -0.4 is 0 Å². The molecule has 1 aromatic rings. The van der Waals surface area contributed by atoms with E-state index in [0.29, 0.717) is 0 Å². The average Bonchev–Trinajstić information content (AvgIpc) is 2.26. The lowest BCUT2D eigenvalue weighted by Gasteiger charge is -2.22. The third-order valence-electron chi connectivity index (χ3n) is 2.43. The van der Waals surface area contributed by atoms with Crippen molar-refractivity contribution < 1.29 is 4.48 Å². The molecule has 80 valence electrons. The fourth-order valence-corrected chi connectivity index (χ4v) is 1.25.